The highest BCUT2D eigenvalue weighted by Gasteiger charge is 2.35. The molecule has 2 aromatic rings. The number of likely N-dealkylation sites (N-methyl/N-ethyl adjacent to an activating group) is 1. The van der Waals surface area contributed by atoms with Crippen LogP contribution < -0.4 is 4.74 Å². The van der Waals surface area contributed by atoms with Crippen molar-refractivity contribution < 1.29 is 9.53 Å². The molecule has 7 heteroatoms. The fourth-order valence-electron chi connectivity index (χ4n) is 4.90. The Morgan fingerprint density at radius 3 is 2.38 bits per heavy atom. The number of carbonyl (C=O) groups excluding carboxylic acids is 1. The SMILES string of the molecule is Cc1cc(C(=O)N2CCN(C)[C@H](c3ccc(OC(C)C)cc3)C2)nc(C2(C)CCN(C)CC2)n1. The van der Waals surface area contributed by atoms with E-state index in [0.29, 0.717) is 18.8 Å². The van der Waals surface area contributed by atoms with Crippen molar-refractivity contribution in [3.05, 3.63) is 53.1 Å². The summed E-state index contributed by atoms with van der Waals surface area (Å²) >= 11 is 0. The maximum atomic E-state index is 13.6. The van der Waals surface area contributed by atoms with Gasteiger partial charge in [0.1, 0.15) is 17.3 Å². The zero-order valence-corrected chi connectivity index (χ0v) is 21.5. The van der Waals surface area contributed by atoms with Crippen molar-refractivity contribution in [1.82, 2.24) is 24.7 Å². The number of piperazine rings is 1. The summed E-state index contributed by atoms with van der Waals surface area (Å²) in [5.74, 6) is 1.69. The van der Waals surface area contributed by atoms with Gasteiger partial charge in [0, 0.05) is 30.7 Å². The molecule has 0 aliphatic carbocycles. The number of likely N-dealkylation sites (tertiary alicyclic amines) is 1. The first-order valence-corrected chi connectivity index (χ1v) is 12.5. The van der Waals surface area contributed by atoms with Crippen molar-refractivity contribution in [2.75, 3.05) is 46.8 Å². The molecular weight excluding hydrogens is 426 g/mol. The summed E-state index contributed by atoms with van der Waals surface area (Å²) < 4.78 is 5.79. The number of carbonyl (C=O) groups is 1. The molecule has 0 bridgehead atoms. The largest absolute Gasteiger partial charge is 0.491 e. The lowest BCUT2D eigenvalue weighted by molar-refractivity contribution is 0.0539. The van der Waals surface area contributed by atoms with Crippen LogP contribution in [-0.2, 0) is 5.41 Å². The number of aromatic nitrogens is 2. The van der Waals surface area contributed by atoms with Crippen LogP contribution in [0.25, 0.3) is 0 Å². The van der Waals surface area contributed by atoms with Gasteiger partial charge in [-0.2, -0.15) is 0 Å². The third-order valence-corrected chi connectivity index (χ3v) is 7.28. The van der Waals surface area contributed by atoms with Gasteiger partial charge in [0.25, 0.3) is 5.91 Å². The lowest BCUT2D eigenvalue weighted by Crippen LogP contribution is -2.49. The quantitative estimate of drug-likeness (QED) is 0.671. The minimum Gasteiger partial charge on any atom is -0.491 e. The molecule has 1 amide bonds. The van der Waals surface area contributed by atoms with Gasteiger partial charge in [-0.05, 0) is 84.6 Å². The van der Waals surface area contributed by atoms with Gasteiger partial charge in [0.2, 0.25) is 0 Å². The first-order chi connectivity index (χ1) is 16.1. The van der Waals surface area contributed by atoms with Crippen molar-refractivity contribution in [3.63, 3.8) is 0 Å². The Labute approximate surface area is 204 Å². The van der Waals surface area contributed by atoms with Gasteiger partial charge < -0.3 is 14.5 Å². The third kappa shape index (κ3) is 5.41. The van der Waals surface area contributed by atoms with Gasteiger partial charge in [-0.25, -0.2) is 9.97 Å². The number of benzene rings is 1. The maximum Gasteiger partial charge on any atom is 0.272 e. The van der Waals surface area contributed by atoms with Crippen LogP contribution in [0.15, 0.2) is 30.3 Å². The number of rotatable bonds is 5. The first-order valence-electron chi connectivity index (χ1n) is 12.5. The molecule has 3 heterocycles. The second-order valence-electron chi connectivity index (χ2n) is 10.6. The van der Waals surface area contributed by atoms with Crippen LogP contribution in [0, 0.1) is 6.92 Å². The van der Waals surface area contributed by atoms with Gasteiger partial charge in [0.15, 0.2) is 0 Å². The van der Waals surface area contributed by atoms with Gasteiger partial charge in [-0.15, -0.1) is 0 Å². The van der Waals surface area contributed by atoms with E-state index in [0.717, 1.165) is 49.7 Å². The van der Waals surface area contributed by atoms with Crippen molar-refractivity contribution in [1.29, 1.82) is 0 Å². The van der Waals surface area contributed by atoms with E-state index in [1.165, 1.54) is 5.56 Å². The molecule has 34 heavy (non-hydrogen) atoms. The summed E-state index contributed by atoms with van der Waals surface area (Å²) in [5.41, 5.74) is 2.49. The molecule has 0 saturated carbocycles. The lowest BCUT2D eigenvalue weighted by atomic mass is 9.79. The monoisotopic (exact) mass is 465 g/mol. The minimum atomic E-state index is -0.0853. The van der Waals surface area contributed by atoms with E-state index < -0.39 is 0 Å². The van der Waals surface area contributed by atoms with Crippen LogP contribution in [0.5, 0.6) is 5.75 Å². The lowest BCUT2D eigenvalue weighted by Gasteiger charge is -2.40. The number of ether oxygens (including phenoxy) is 1. The summed E-state index contributed by atoms with van der Waals surface area (Å²) in [4.78, 5) is 29.8. The molecule has 0 spiro atoms. The van der Waals surface area contributed by atoms with Crippen LogP contribution in [0.1, 0.15) is 67.2 Å². The van der Waals surface area contributed by atoms with Gasteiger partial charge >= 0.3 is 0 Å². The fourth-order valence-corrected chi connectivity index (χ4v) is 4.90. The highest BCUT2D eigenvalue weighted by Crippen LogP contribution is 2.33. The number of nitrogens with zero attached hydrogens (tertiary/aromatic N) is 5. The topological polar surface area (TPSA) is 61.8 Å². The van der Waals surface area contributed by atoms with E-state index in [2.05, 4.69) is 43.0 Å². The van der Waals surface area contributed by atoms with E-state index in [4.69, 9.17) is 14.7 Å². The van der Waals surface area contributed by atoms with Crippen LogP contribution in [0.2, 0.25) is 0 Å². The second-order valence-corrected chi connectivity index (χ2v) is 10.6. The highest BCUT2D eigenvalue weighted by molar-refractivity contribution is 5.92. The van der Waals surface area contributed by atoms with Gasteiger partial charge in [0.05, 0.1) is 12.1 Å². The Morgan fingerprint density at radius 2 is 1.74 bits per heavy atom. The number of amides is 1. The summed E-state index contributed by atoms with van der Waals surface area (Å²) in [6.45, 7) is 12.5. The summed E-state index contributed by atoms with van der Waals surface area (Å²) in [5, 5.41) is 0. The molecule has 0 unspecified atom stereocenters. The van der Waals surface area contributed by atoms with Crippen LogP contribution >= 0.6 is 0 Å². The summed E-state index contributed by atoms with van der Waals surface area (Å²) in [7, 11) is 4.28. The molecule has 2 aliphatic rings. The Kier molecular flexibility index (Phi) is 7.24. The molecule has 184 valence electrons. The summed E-state index contributed by atoms with van der Waals surface area (Å²) in [6.07, 6.45) is 2.16. The Hall–Kier alpha value is -2.51. The minimum absolute atomic E-state index is 0.00105. The standard InChI is InChI=1S/C27H39N5O2/c1-19(2)34-22-9-7-21(8-10-22)24-18-32(16-15-31(24)6)25(33)23-17-20(3)28-26(29-23)27(4)11-13-30(5)14-12-27/h7-10,17,19,24H,11-16,18H2,1-6H3/t24-/m0/s1. The fraction of sp³-hybridized carbons (Fsp3) is 0.593. The van der Waals surface area contributed by atoms with Crippen molar-refractivity contribution in [2.24, 2.45) is 0 Å². The average Bonchev–Trinajstić information content (AvgIpc) is 2.81. The highest BCUT2D eigenvalue weighted by atomic mass is 16.5. The van der Waals surface area contributed by atoms with Gasteiger partial charge in [-0.1, -0.05) is 19.1 Å². The zero-order valence-electron chi connectivity index (χ0n) is 21.5. The normalized spacial score (nSPS) is 21.6. The summed E-state index contributed by atoms with van der Waals surface area (Å²) in [6, 6.07) is 10.2. The molecule has 2 saturated heterocycles. The molecular formula is C27H39N5O2. The molecule has 1 atom stereocenters. The zero-order chi connectivity index (χ0) is 24.5. The molecule has 4 rings (SSSR count). The second kappa shape index (κ2) is 10.0. The molecule has 2 aliphatic heterocycles. The van der Waals surface area contributed by atoms with Crippen molar-refractivity contribution >= 4 is 5.91 Å². The van der Waals surface area contributed by atoms with Crippen LogP contribution in [-0.4, -0.2) is 83.5 Å². The van der Waals surface area contributed by atoms with Crippen LogP contribution in [0.3, 0.4) is 0 Å². The van der Waals surface area contributed by atoms with Crippen LogP contribution in [0.4, 0.5) is 0 Å². The third-order valence-electron chi connectivity index (χ3n) is 7.28. The van der Waals surface area contributed by atoms with E-state index in [-0.39, 0.29) is 23.5 Å². The number of hydrogen-bond donors (Lipinski definition) is 0. The maximum absolute atomic E-state index is 13.6. The molecule has 1 aromatic heterocycles. The van der Waals surface area contributed by atoms with E-state index in [1.807, 2.05) is 43.9 Å². The number of aryl methyl sites for hydroxylation is 1. The molecule has 2 fully saturated rings. The smallest absolute Gasteiger partial charge is 0.272 e. The Balaban J connectivity index is 1.52. The van der Waals surface area contributed by atoms with E-state index in [9.17, 15) is 4.79 Å². The van der Waals surface area contributed by atoms with Crippen molar-refractivity contribution in [3.8, 4) is 5.75 Å². The molecule has 1 aromatic carbocycles. The Bertz CT molecular complexity index is 999. The molecule has 0 N–H and O–H groups in total. The predicted molar refractivity (Wildman–Crippen MR) is 134 cm³/mol. The Morgan fingerprint density at radius 1 is 1.06 bits per heavy atom. The molecule has 0 radical (unpaired) electrons. The predicted octanol–water partition coefficient (Wildman–Crippen LogP) is 3.68. The molecule has 7 nitrogen and oxygen atoms in total. The number of hydrogen-bond acceptors (Lipinski definition) is 6. The number of piperidine rings is 1. The van der Waals surface area contributed by atoms with Crippen molar-refractivity contribution in [2.45, 2.75) is 58.1 Å². The first kappa shape index (κ1) is 24.6. The average molecular weight is 466 g/mol. The van der Waals surface area contributed by atoms with E-state index >= 15 is 0 Å². The van der Waals surface area contributed by atoms with Gasteiger partial charge in [-0.3, -0.25) is 9.69 Å². The van der Waals surface area contributed by atoms with E-state index in [1.54, 1.807) is 0 Å².